The number of rotatable bonds is 3. The molecule has 0 radical (unpaired) electrons. The molecule has 2 aromatic rings. The van der Waals surface area contributed by atoms with E-state index in [0.29, 0.717) is 0 Å². The van der Waals surface area contributed by atoms with Crippen molar-refractivity contribution in [2.24, 2.45) is 5.73 Å². The first-order chi connectivity index (χ1) is 7.27. The molecule has 1 aromatic carbocycles. The molecule has 1 unspecified atom stereocenters. The Bertz CT molecular complexity index is 426. The van der Waals surface area contributed by atoms with Gasteiger partial charge in [0.05, 0.1) is 0 Å². The van der Waals surface area contributed by atoms with Crippen LogP contribution in [0, 0.1) is 0 Å². The van der Waals surface area contributed by atoms with Gasteiger partial charge in [-0.25, -0.2) is 4.98 Å². The second kappa shape index (κ2) is 4.74. The summed E-state index contributed by atoms with van der Waals surface area (Å²) in [5, 5.41) is 0. The summed E-state index contributed by atoms with van der Waals surface area (Å²) < 4.78 is 4.92. The third kappa shape index (κ3) is 2.56. The van der Waals surface area contributed by atoms with Gasteiger partial charge in [-0.05, 0) is 30.1 Å². The first kappa shape index (κ1) is 10.6. The molecule has 0 aliphatic heterocycles. The highest BCUT2D eigenvalue weighted by Crippen LogP contribution is 2.32. The molecule has 0 aliphatic rings. The summed E-state index contributed by atoms with van der Waals surface area (Å²) in [6.45, 7) is 1.99. The van der Waals surface area contributed by atoms with E-state index in [1.165, 1.54) is 11.5 Å². The molecule has 5 heteroatoms. The Morgan fingerprint density at radius 1 is 1.40 bits per heavy atom. The van der Waals surface area contributed by atoms with Gasteiger partial charge < -0.3 is 5.73 Å². The first-order valence-corrected chi connectivity index (χ1v) is 6.15. The van der Waals surface area contributed by atoms with Gasteiger partial charge in [0, 0.05) is 10.9 Å². The molecule has 78 valence electrons. The molecule has 0 aliphatic carbocycles. The van der Waals surface area contributed by atoms with Gasteiger partial charge in [-0.2, -0.15) is 4.37 Å². The Morgan fingerprint density at radius 2 is 2.20 bits per heavy atom. The summed E-state index contributed by atoms with van der Waals surface area (Å²) in [4.78, 5) is 5.30. The zero-order valence-electron chi connectivity index (χ0n) is 8.25. The predicted octanol–water partition coefficient (Wildman–Crippen LogP) is 2.71. The number of nitrogens with two attached hydrogens (primary N) is 1. The molecule has 15 heavy (non-hydrogen) atoms. The number of hydrogen-bond acceptors (Lipinski definition) is 5. The van der Waals surface area contributed by atoms with Gasteiger partial charge in [-0.3, -0.25) is 0 Å². The molecule has 1 heterocycles. The second-order valence-electron chi connectivity index (χ2n) is 3.14. The molecule has 3 nitrogen and oxygen atoms in total. The largest absolute Gasteiger partial charge is 0.324 e. The lowest BCUT2D eigenvalue weighted by molar-refractivity contribution is 0.797. The highest BCUT2D eigenvalue weighted by molar-refractivity contribution is 8.01. The Hall–Kier alpha value is -0.910. The van der Waals surface area contributed by atoms with E-state index in [0.717, 1.165) is 14.8 Å². The molecular formula is C10H11N3S2. The normalized spacial score (nSPS) is 12.7. The van der Waals surface area contributed by atoms with Crippen LogP contribution in [0.4, 0.5) is 0 Å². The van der Waals surface area contributed by atoms with Crippen molar-refractivity contribution in [2.75, 3.05) is 0 Å². The molecule has 2 rings (SSSR count). The quantitative estimate of drug-likeness (QED) is 0.891. The van der Waals surface area contributed by atoms with Crippen LogP contribution in [0.15, 0.2) is 39.8 Å². The molecule has 0 bridgehead atoms. The first-order valence-electron chi connectivity index (χ1n) is 4.56. The van der Waals surface area contributed by atoms with Crippen LogP contribution in [0.3, 0.4) is 0 Å². The van der Waals surface area contributed by atoms with E-state index in [4.69, 9.17) is 5.73 Å². The maximum Gasteiger partial charge on any atom is 0.174 e. The van der Waals surface area contributed by atoms with Gasteiger partial charge in [0.25, 0.3) is 0 Å². The molecule has 1 aromatic heterocycles. The average Bonchev–Trinajstić information content (AvgIpc) is 2.71. The van der Waals surface area contributed by atoms with Crippen LogP contribution in [-0.4, -0.2) is 9.36 Å². The third-order valence-electron chi connectivity index (χ3n) is 1.95. The molecule has 1 atom stereocenters. The molecule has 2 N–H and O–H groups in total. The van der Waals surface area contributed by atoms with Crippen LogP contribution >= 0.6 is 23.3 Å². The van der Waals surface area contributed by atoms with Crippen LogP contribution in [0.5, 0.6) is 0 Å². The molecule has 0 fully saturated rings. The average molecular weight is 237 g/mol. The van der Waals surface area contributed by atoms with E-state index >= 15 is 0 Å². The van der Waals surface area contributed by atoms with Gasteiger partial charge in [0.2, 0.25) is 0 Å². The lowest BCUT2D eigenvalue weighted by Crippen LogP contribution is -2.05. The SMILES string of the molecule is CC(N)c1ccccc1Sc1ncns1. The fourth-order valence-electron chi connectivity index (χ4n) is 1.25. The van der Waals surface area contributed by atoms with Gasteiger partial charge >= 0.3 is 0 Å². The minimum Gasteiger partial charge on any atom is -0.324 e. The van der Waals surface area contributed by atoms with Crippen molar-refractivity contribution in [3.8, 4) is 0 Å². The highest BCUT2D eigenvalue weighted by atomic mass is 32.2. The number of nitrogens with zero attached hydrogens (tertiary/aromatic N) is 2. The van der Waals surface area contributed by atoms with Gasteiger partial charge in [-0.15, -0.1) is 0 Å². The zero-order chi connectivity index (χ0) is 10.7. The summed E-state index contributed by atoms with van der Waals surface area (Å²) >= 11 is 3.01. The fraction of sp³-hybridized carbons (Fsp3) is 0.200. The van der Waals surface area contributed by atoms with Crippen LogP contribution in [0.2, 0.25) is 0 Å². The Labute approximate surface area is 96.9 Å². The van der Waals surface area contributed by atoms with Crippen molar-refractivity contribution in [1.29, 1.82) is 0 Å². The minimum absolute atomic E-state index is 0.0432. The number of hydrogen-bond donors (Lipinski definition) is 1. The molecule has 0 saturated heterocycles. The van der Waals surface area contributed by atoms with Crippen LogP contribution < -0.4 is 5.73 Å². The van der Waals surface area contributed by atoms with Crippen molar-refractivity contribution in [2.45, 2.75) is 22.2 Å². The van der Waals surface area contributed by atoms with Crippen molar-refractivity contribution < 1.29 is 0 Å². The van der Waals surface area contributed by atoms with Crippen molar-refractivity contribution >= 4 is 23.3 Å². The van der Waals surface area contributed by atoms with Crippen LogP contribution in [-0.2, 0) is 0 Å². The van der Waals surface area contributed by atoms with E-state index in [1.54, 1.807) is 18.1 Å². The van der Waals surface area contributed by atoms with Gasteiger partial charge in [0.1, 0.15) is 6.33 Å². The Morgan fingerprint density at radius 3 is 2.87 bits per heavy atom. The lowest BCUT2D eigenvalue weighted by Gasteiger charge is -2.10. The lowest BCUT2D eigenvalue weighted by atomic mass is 10.1. The topological polar surface area (TPSA) is 51.8 Å². The van der Waals surface area contributed by atoms with E-state index in [-0.39, 0.29) is 6.04 Å². The minimum atomic E-state index is 0.0432. The van der Waals surface area contributed by atoms with E-state index in [1.807, 2.05) is 25.1 Å². The summed E-state index contributed by atoms with van der Waals surface area (Å²) in [6, 6.07) is 8.17. The van der Waals surface area contributed by atoms with Crippen LogP contribution in [0.1, 0.15) is 18.5 Å². The van der Waals surface area contributed by atoms with E-state index in [2.05, 4.69) is 15.4 Å². The molecule has 0 saturated carbocycles. The second-order valence-corrected chi connectivity index (χ2v) is 5.20. The van der Waals surface area contributed by atoms with Gasteiger partial charge in [0.15, 0.2) is 4.34 Å². The summed E-state index contributed by atoms with van der Waals surface area (Å²) in [7, 11) is 0. The van der Waals surface area contributed by atoms with Crippen molar-refractivity contribution in [3.05, 3.63) is 36.2 Å². The molecule has 0 amide bonds. The van der Waals surface area contributed by atoms with E-state index in [9.17, 15) is 0 Å². The molecule has 0 spiro atoms. The van der Waals surface area contributed by atoms with E-state index < -0.39 is 0 Å². The fourth-order valence-corrected chi connectivity index (χ4v) is 2.88. The third-order valence-corrected chi connectivity index (χ3v) is 3.75. The Balaban J connectivity index is 2.28. The molecular weight excluding hydrogens is 226 g/mol. The van der Waals surface area contributed by atoms with Crippen LogP contribution in [0.25, 0.3) is 0 Å². The summed E-state index contributed by atoms with van der Waals surface area (Å²) in [6.07, 6.45) is 1.57. The number of benzene rings is 1. The summed E-state index contributed by atoms with van der Waals surface area (Å²) in [5.41, 5.74) is 7.05. The number of aromatic nitrogens is 2. The smallest absolute Gasteiger partial charge is 0.174 e. The standard InChI is InChI=1S/C10H11N3S2/c1-7(11)8-4-2-3-5-9(8)14-10-12-6-13-15-10/h2-7H,11H2,1H3. The maximum atomic E-state index is 5.90. The summed E-state index contributed by atoms with van der Waals surface area (Å²) in [5.74, 6) is 0. The van der Waals surface area contributed by atoms with Crippen molar-refractivity contribution in [3.63, 3.8) is 0 Å². The Kier molecular flexibility index (Phi) is 3.35. The zero-order valence-corrected chi connectivity index (χ0v) is 9.89. The predicted molar refractivity (Wildman–Crippen MR) is 63.1 cm³/mol. The van der Waals surface area contributed by atoms with Crippen molar-refractivity contribution in [1.82, 2.24) is 9.36 Å². The monoisotopic (exact) mass is 237 g/mol. The van der Waals surface area contributed by atoms with Gasteiger partial charge in [-0.1, -0.05) is 30.0 Å². The highest BCUT2D eigenvalue weighted by Gasteiger charge is 2.08. The maximum absolute atomic E-state index is 5.90.